The fraction of sp³-hybridized carbons (Fsp3) is 0.500. The van der Waals surface area contributed by atoms with Crippen LogP contribution in [0.25, 0.3) is 0 Å². The lowest BCUT2D eigenvalue weighted by molar-refractivity contribution is 0.0421. The number of hydrogen-bond donors (Lipinski definition) is 1. The van der Waals surface area contributed by atoms with Gasteiger partial charge in [-0.05, 0) is 37.3 Å². The molecule has 0 saturated carbocycles. The van der Waals surface area contributed by atoms with Crippen molar-refractivity contribution in [1.82, 2.24) is 4.90 Å². The van der Waals surface area contributed by atoms with Crippen LogP contribution in [0.3, 0.4) is 0 Å². The van der Waals surface area contributed by atoms with Crippen LogP contribution < -0.4 is 0 Å². The summed E-state index contributed by atoms with van der Waals surface area (Å²) in [6.07, 6.45) is 12.6. The van der Waals surface area contributed by atoms with Gasteiger partial charge in [-0.15, -0.1) is 6.58 Å². The first-order valence-electron chi connectivity index (χ1n) is 11.8. The van der Waals surface area contributed by atoms with Crippen LogP contribution in [0, 0.1) is 0 Å². The largest absolute Gasteiger partial charge is 0.392 e. The Morgan fingerprint density at radius 1 is 0.767 bits per heavy atom. The fourth-order valence-electron chi connectivity index (χ4n) is 3.99. The Morgan fingerprint density at radius 3 is 1.73 bits per heavy atom. The Labute approximate surface area is 184 Å². The summed E-state index contributed by atoms with van der Waals surface area (Å²) in [6.45, 7) is 7.68. The van der Waals surface area contributed by atoms with Gasteiger partial charge in [0.05, 0.1) is 6.10 Å². The Bertz CT molecular complexity index is 628. The van der Waals surface area contributed by atoms with Crippen LogP contribution >= 0.6 is 0 Å². The standard InChI is InChI=1S/C28H41NO/c1-3-4-5-6-7-8-9-10-17-22-28(30)25(2)29(23-26-18-13-11-14-19-26)24-27-20-15-12-16-21-27/h3,11-16,18-21,25,28,30H,1,4-10,17,22-24H2,2H3/t25-,28+/m0/s1. The summed E-state index contributed by atoms with van der Waals surface area (Å²) >= 11 is 0. The van der Waals surface area contributed by atoms with E-state index in [-0.39, 0.29) is 12.1 Å². The van der Waals surface area contributed by atoms with Crippen molar-refractivity contribution in [1.29, 1.82) is 0 Å². The average molecular weight is 408 g/mol. The topological polar surface area (TPSA) is 23.5 Å². The van der Waals surface area contributed by atoms with E-state index in [1.54, 1.807) is 0 Å². The second kappa shape index (κ2) is 15.0. The van der Waals surface area contributed by atoms with Crippen LogP contribution in [-0.2, 0) is 13.1 Å². The molecule has 1 N–H and O–H groups in total. The van der Waals surface area contributed by atoms with Crippen LogP contribution in [0.5, 0.6) is 0 Å². The summed E-state index contributed by atoms with van der Waals surface area (Å²) in [4.78, 5) is 2.41. The molecule has 0 spiro atoms. The zero-order chi connectivity index (χ0) is 21.4. The molecule has 2 nitrogen and oxygen atoms in total. The number of rotatable bonds is 16. The minimum atomic E-state index is -0.287. The van der Waals surface area contributed by atoms with Gasteiger partial charge in [0.25, 0.3) is 0 Å². The highest BCUT2D eigenvalue weighted by Crippen LogP contribution is 2.19. The van der Waals surface area contributed by atoms with Crippen molar-refractivity contribution in [2.24, 2.45) is 0 Å². The van der Waals surface area contributed by atoms with Crippen LogP contribution in [0.1, 0.15) is 75.8 Å². The molecular formula is C28H41NO. The molecule has 0 aromatic heterocycles. The summed E-state index contributed by atoms with van der Waals surface area (Å²) in [5, 5.41) is 10.9. The molecule has 2 aromatic rings. The fourth-order valence-corrected chi connectivity index (χ4v) is 3.99. The first-order chi connectivity index (χ1) is 14.7. The molecule has 0 bridgehead atoms. The summed E-state index contributed by atoms with van der Waals surface area (Å²) in [5.41, 5.74) is 2.59. The van der Waals surface area contributed by atoms with Crippen LogP contribution in [0.4, 0.5) is 0 Å². The maximum absolute atomic E-state index is 10.9. The summed E-state index contributed by atoms with van der Waals surface area (Å²) < 4.78 is 0. The van der Waals surface area contributed by atoms with Crippen molar-refractivity contribution in [3.05, 3.63) is 84.4 Å². The van der Waals surface area contributed by atoms with Crippen LogP contribution in [0.15, 0.2) is 73.3 Å². The molecule has 0 saturated heterocycles. The van der Waals surface area contributed by atoms with Gasteiger partial charge in [0.2, 0.25) is 0 Å². The third-order valence-electron chi connectivity index (χ3n) is 6.00. The van der Waals surface area contributed by atoms with E-state index in [9.17, 15) is 5.11 Å². The molecule has 30 heavy (non-hydrogen) atoms. The molecule has 0 aliphatic heterocycles. The van der Waals surface area contributed by atoms with E-state index in [0.717, 1.165) is 32.4 Å². The molecule has 0 fully saturated rings. The molecule has 2 atom stereocenters. The summed E-state index contributed by atoms with van der Waals surface area (Å²) in [7, 11) is 0. The lowest BCUT2D eigenvalue weighted by atomic mass is 10.0. The van der Waals surface area contributed by atoms with Gasteiger partial charge in [-0.3, -0.25) is 4.90 Å². The molecular weight excluding hydrogens is 366 g/mol. The third-order valence-corrected chi connectivity index (χ3v) is 6.00. The lowest BCUT2D eigenvalue weighted by Crippen LogP contribution is -2.40. The molecule has 164 valence electrons. The van der Waals surface area contributed by atoms with Crippen LogP contribution in [-0.4, -0.2) is 22.2 Å². The maximum Gasteiger partial charge on any atom is 0.0693 e. The Hall–Kier alpha value is -1.90. The highest BCUT2D eigenvalue weighted by Gasteiger charge is 2.22. The van der Waals surface area contributed by atoms with Gasteiger partial charge in [-0.2, -0.15) is 0 Å². The van der Waals surface area contributed by atoms with Crippen molar-refractivity contribution in [2.45, 2.75) is 89.9 Å². The maximum atomic E-state index is 10.9. The van der Waals surface area contributed by atoms with E-state index in [0.29, 0.717) is 0 Å². The summed E-state index contributed by atoms with van der Waals surface area (Å²) in [5.74, 6) is 0. The van der Waals surface area contributed by atoms with E-state index >= 15 is 0 Å². The first kappa shape index (κ1) is 24.4. The molecule has 2 heteroatoms. The number of aliphatic hydroxyl groups is 1. The van der Waals surface area contributed by atoms with E-state index in [2.05, 4.69) is 79.1 Å². The number of aliphatic hydroxyl groups excluding tert-OH is 1. The molecule has 0 heterocycles. The minimum absolute atomic E-state index is 0.129. The molecule has 0 amide bonds. The Kier molecular flexibility index (Phi) is 12.2. The van der Waals surface area contributed by atoms with Crippen molar-refractivity contribution < 1.29 is 5.11 Å². The molecule has 2 aromatic carbocycles. The number of unbranched alkanes of at least 4 members (excludes halogenated alkanes) is 7. The quantitative estimate of drug-likeness (QED) is 0.236. The summed E-state index contributed by atoms with van der Waals surface area (Å²) in [6, 6.07) is 21.3. The highest BCUT2D eigenvalue weighted by molar-refractivity contribution is 5.17. The first-order valence-corrected chi connectivity index (χ1v) is 11.8. The van der Waals surface area contributed by atoms with E-state index in [1.807, 2.05) is 6.08 Å². The normalized spacial score (nSPS) is 13.3. The second-order valence-electron chi connectivity index (χ2n) is 8.53. The molecule has 2 rings (SSSR count). The molecule has 0 aliphatic rings. The van der Waals surface area contributed by atoms with Crippen molar-refractivity contribution >= 4 is 0 Å². The zero-order valence-corrected chi connectivity index (χ0v) is 18.9. The number of hydrogen-bond acceptors (Lipinski definition) is 2. The Morgan fingerprint density at radius 2 is 1.23 bits per heavy atom. The van der Waals surface area contributed by atoms with Gasteiger partial charge in [-0.1, -0.05) is 105 Å². The third kappa shape index (κ3) is 9.73. The monoisotopic (exact) mass is 407 g/mol. The van der Waals surface area contributed by atoms with Crippen molar-refractivity contribution in [3.63, 3.8) is 0 Å². The predicted octanol–water partition coefficient (Wildman–Crippen LogP) is 7.14. The number of allylic oxidation sites excluding steroid dienone is 1. The highest BCUT2D eigenvalue weighted by atomic mass is 16.3. The van der Waals surface area contributed by atoms with Gasteiger partial charge in [0.15, 0.2) is 0 Å². The van der Waals surface area contributed by atoms with E-state index < -0.39 is 0 Å². The van der Waals surface area contributed by atoms with E-state index in [1.165, 1.54) is 49.7 Å². The number of nitrogens with zero attached hydrogens (tertiary/aromatic N) is 1. The second-order valence-corrected chi connectivity index (χ2v) is 8.53. The van der Waals surface area contributed by atoms with Crippen molar-refractivity contribution in [3.8, 4) is 0 Å². The lowest BCUT2D eigenvalue weighted by Gasteiger charge is -2.32. The molecule has 0 unspecified atom stereocenters. The predicted molar refractivity (Wildman–Crippen MR) is 129 cm³/mol. The average Bonchev–Trinajstić information content (AvgIpc) is 2.78. The smallest absolute Gasteiger partial charge is 0.0693 e. The molecule has 0 radical (unpaired) electrons. The minimum Gasteiger partial charge on any atom is -0.392 e. The van der Waals surface area contributed by atoms with Gasteiger partial charge in [-0.25, -0.2) is 0 Å². The van der Waals surface area contributed by atoms with Gasteiger partial charge < -0.3 is 5.11 Å². The number of benzene rings is 2. The van der Waals surface area contributed by atoms with Crippen LogP contribution in [0.2, 0.25) is 0 Å². The van der Waals surface area contributed by atoms with Crippen molar-refractivity contribution in [2.75, 3.05) is 0 Å². The van der Waals surface area contributed by atoms with E-state index in [4.69, 9.17) is 0 Å². The van der Waals surface area contributed by atoms with Gasteiger partial charge in [0.1, 0.15) is 0 Å². The molecule has 0 aliphatic carbocycles. The Balaban J connectivity index is 1.78. The van der Waals surface area contributed by atoms with Gasteiger partial charge >= 0.3 is 0 Å². The van der Waals surface area contributed by atoms with Gasteiger partial charge in [0, 0.05) is 19.1 Å². The SMILES string of the molecule is C=CCCCCCCCCC[C@@H](O)[C@H](C)N(Cc1ccccc1)Cc1ccccc1. The zero-order valence-electron chi connectivity index (χ0n) is 18.9.